The third-order valence-electron chi connectivity index (χ3n) is 6.32. The lowest BCUT2D eigenvalue weighted by Crippen LogP contribution is -2.44. The van der Waals surface area contributed by atoms with Crippen LogP contribution in [-0.2, 0) is 14.8 Å². The molecule has 8 heteroatoms. The topological polar surface area (TPSA) is 83.6 Å². The number of nitrogens with one attached hydrogen (secondary N) is 1. The van der Waals surface area contributed by atoms with Gasteiger partial charge in [-0.3, -0.25) is 9.59 Å². The van der Waals surface area contributed by atoms with E-state index in [1.807, 2.05) is 24.3 Å². The van der Waals surface area contributed by atoms with E-state index in [9.17, 15) is 18.0 Å². The summed E-state index contributed by atoms with van der Waals surface area (Å²) in [5, 5.41) is 3.87. The summed E-state index contributed by atoms with van der Waals surface area (Å²) in [5.74, 6) is 0.0171. The smallest absolute Gasteiger partial charge is 0.243 e. The van der Waals surface area contributed by atoms with Crippen LogP contribution in [0.4, 0.5) is 0 Å². The number of carbonyl (C=O) groups excluding carboxylic acids is 2. The van der Waals surface area contributed by atoms with Crippen LogP contribution in [0.3, 0.4) is 0 Å². The Hall–Kier alpha value is -2.22. The Kier molecular flexibility index (Phi) is 6.70. The predicted octanol–water partition coefficient (Wildman–Crippen LogP) is 4.21. The normalized spacial score (nSPS) is 18.8. The summed E-state index contributed by atoms with van der Waals surface area (Å²) in [6, 6.07) is 13.7. The molecule has 1 amide bonds. The maximum atomic E-state index is 13.0. The van der Waals surface area contributed by atoms with Crippen LogP contribution in [0.15, 0.2) is 53.4 Å². The van der Waals surface area contributed by atoms with Crippen molar-refractivity contribution in [1.29, 1.82) is 0 Å². The lowest BCUT2D eigenvalue weighted by atomic mass is 9.95. The molecule has 1 unspecified atom stereocenters. The van der Waals surface area contributed by atoms with E-state index in [-0.39, 0.29) is 41.6 Å². The van der Waals surface area contributed by atoms with Crippen molar-refractivity contribution in [3.8, 4) is 0 Å². The average Bonchev–Trinajstić information content (AvgIpc) is 3.63. The molecule has 2 aliphatic rings. The van der Waals surface area contributed by atoms with Gasteiger partial charge in [0.25, 0.3) is 0 Å². The molecule has 0 spiro atoms. The fraction of sp³-hybridized carbons (Fsp3) is 0.417. The molecule has 2 aromatic carbocycles. The fourth-order valence-corrected chi connectivity index (χ4v) is 5.87. The Morgan fingerprint density at radius 3 is 2.28 bits per heavy atom. The van der Waals surface area contributed by atoms with Crippen LogP contribution in [0.25, 0.3) is 0 Å². The predicted molar refractivity (Wildman–Crippen MR) is 123 cm³/mol. The number of nitrogens with zero attached hydrogens (tertiary/aromatic N) is 1. The molecule has 0 aromatic heterocycles. The van der Waals surface area contributed by atoms with Gasteiger partial charge in [0.2, 0.25) is 15.9 Å². The highest BCUT2D eigenvalue weighted by Gasteiger charge is 2.37. The van der Waals surface area contributed by atoms with Crippen LogP contribution < -0.4 is 5.32 Å². The summed E-state index contributed by atoms with van der Waals surface area (Å²) in [6.07, 6.45) is 3.11. The van der Waals surface area contributed by atoms with Crippen LogP contribution in [0.1, 0.15) is 54.6 Å². The Morgan fingerprint density at radius 2 is 1.69 bits per heavy atom. The highest BCUT2D eigenvalue weighted by atomic mass is 35.5. The largest absolute Gasteiger partial charge is 0.349 e. The zero-order chi connectivity index (χ0) is 22.9. The summed E-state index contributed by atoms with van der Waals surface area (Å²) < 4.78 is 27.5. The van der Waals surface area contributed by atoms with E-state index in [1.54, 1.807) is 12.1 Å². The number of rotatable bonds is 7. The first-order valence-corrected chi connectivity index (χ1v) is 12.7. The van der Waals surface area contributed by atoms with E-state index < -0.39 is 10.0 Å². The standard InChI is InChI=1S/C24H27ClN2O4S/c1-16(28)20-3-2-4-22(15-20)32(30,31)27-13-11-19(12-14-27)24(29)26-23(17-5-6-17)18-7-9-21(25)10-8-18/h2-4,7-10,15,17,19,23H,5-6,11-14H2,1H3,(H,26,29). The molecule has 32 heavy (non-hydrogen) atoms. The number of ketones is 1. The molecule has 0 bridgehead atoms. The van der Waals surface area contributed by atoms with Crippen molar-refractivity contribution in [1.82, 2.24) is 9.62 Å². The van der Waals surface area contributed by atoms with Crippen LogP contribution in [0.5, 0.6) is 0 Å². The maximum absolute atomic E-state index is 13.0. The number of benzene rings is 2. The zero-order valence-electron chi connectivity index (χ0n) is 18.0. The molecule has 2 aromatic rings. The van der Waals surface area contributed by atoms with E-state index in [0.717, 1.165) is 18.4 Å². The summed E-state index contributed by atoms with van der Waals surface area (Å²) in [5.41, 5.74) is 1.42. The number of hydrogen-bond donors (Lipinski definition) is 1. The average molecular weight is 475 g/mol. The first-order valence-electron chi connectivity index (χ1n) is 10.9. The number of piperidine rings is 1. The number of Topliss-reactive ketones (excluding diaryl/α,β-unsaturated/α-hetero) is 1. The quantitative estimate of drug-likeness (QED) is 0.609. The van der Waals surface area contributed by atoms with Crippen molar-refractivity contribution in [3.05, 3.63) is 64.7 Å². The van der Waals surface area contributed by atoms with Gasteiger partial charge in [-0.1, -0.05) is 35.9 Å². The number of carbonyl (C=O) groups is 2. The molecule has 4 rings (SSSR count). The lowest BCUT2D eigenvalue weighted by Gasteiger charge is -2.31. The van der Waals surface area contributed by atoms with Gasteiger partial charge in [0.15, 0.2) is 5.78 Å². The summed E-state index contributed by atoms with van der Waals surface area (Å²) >= 11 is 6.00. The number of hydrogen-bond acceptors (Lipinski definition) is 4. The molecular formula is C24H27ClN2O4S. The number of amides is 1. The minimum absolute atomic E-state index is 0.0209. The van der Waals surface area contributed by atoms with Crippen LogP contribution >= 0.6 is 11.6 Å². The molecule has 1 atom stereocenters. The van der Waals surface area contributed by atoms with Gasteiger partial charge < -0.3 is 5.32 Å². The summed E-state index contributed by atoms with van der Waals surface area (Å²) in [6.45, 7) is 1.97. The Labute approximate surface area is 194 Å². The van der Waals surface area contributed by atoms with E-state index in [2.05, 4.69) is 5.32 Å². The Morgan fingerprint density at radius 1 is 1.03 bits per heavy atom. The van der Waals surface area contributed by atoms with Gasteiger partial charge in [-0.2, -0.15) is 4.31 Å². The van der Waals surface area contributed by atoms with Gasteiger partial charge >= 0.3 is 0 Å². The number of sulfonamides is 1. The van der Waals surface area contributed by atoms with E-state index in [0.29, 0.717) is 29.3 Å². The SMILES string of the molecule is CC(=O)c1cccc(S(=O)(=O)N2CCC(C(=O)NC(c3ccc(Cl)cc3)C3CC3)CC2)c1. The molecule has 1 aliphatic carbocycles. The van der Waals surface area contributed by atoms with Gasteiger partial charge in [0, 0.05) is 29.6 Å². The van der Waals surface area contributed by atoms with Crippen LogP contribution in [-0.4, -0.2) is 37.5 Å². The first kappa shape index (κ1) is 23.0. The second-order valence-corrected chi connectivity index (χ2v) is 11.0. The van der Waals surface area contributed by atoms with Crippen molar-refractivity contribution >= 4 is 33.3 Å². The van der Waals surface area contributed by atoms with Gasteiger partial charge in [0.1, 0.15) is 0 Å². The third-order valence-corrected chi connectivity index (χ3v) is 8.47. The highest BCUT2D eigenvalue weighted by molar-refractivity contribution is 7.89. The minimum Gasteiger partial charge on any atom is -0.349 e. The molecule has 0 radical (unpaired) electrons. The lowest BCUT2D eigenvalue weighted by molar-refractivity contribution is -0.127. The maximum Gasteiger partial charge on any atom is 0.243 e. The van der Waals surface area contributed by atoms with Crippen molar-refractivity contribution in [3.63, 3.8) is 0 Å². The van der Waals surface area contributed by atoms with Crippen molar-refractivity contribution in [2.24, 2.45) is 11.8 Å². The van der Waals surface area contributed by atoms with Crippen LogP contribution in [0.2, 0.25) is 5.02 Å². The second kappa shape index (κ2) is 9.33. The number of halogens is 1. The molecule has 1 heterocycles. The molecular weight excluding hydrogens is 448 g/mol. The summed E-state index contributed by atoms with van der Waals surface area (Å²) in [7, 11) is -3.70. The highest BCUT2D eigenvalue weighted by Crippen LogP contribution is 2.41. The van der Waals surface area contributed by atoms with Crippen molar-refractivity contribution < 1.29 is 18.0 Å². The monoisotopic (exact) mass is 474 g/mol. The van der Waals surface area contributed by atoms with Gasteiger partial charge in [-0.05, 0) is 68.4 Å². The van der Waals surface area contributed by atoms with Gasteiger partial charge in [0.05, 0.1) is 10.9 Å². The molecule has 1 saturated heterocycles. The molecule has 1 saturated carbocycles. The minimum atomic E-state index is -3.70. The molecule has 1 aliphatic heterocycles. The fourth-order valence-electron chi connectivity index (χ4n) is 4.23. The van der Waals surface area contributed by atoms with Crippen molar-refractivity contribution in [2.45, 2.75) is 43.5 Å². The van der Waals surface area contributed by atoms with Gasteiger partial charge in [-0.25, -0.2) is 8.42 Å². The van der Waals surface area contributed by atoms with Crippen LogP contribution in [0, 0.1) is 11.8 Å². The zero-order valence-corrected chi connectivity index (χ0v) is 19.5. The van der Waals surface area contributed by atoms with Crippen molar-refractivity contribution in [2.75, 3.05) is 13.1 Å². The second-order valence-electron chi connectivity index (χ2n) is 8.64. The third kappa shape index (κ3) is 5.05. The van der Waals surface area contributed by atoms with E-state index in [4.69, 9.17) is 11.6 Å². The molecule has 1 N–H and O–H groups in total. The van der Waals surface area contributed by atoms with Gasteiger partial charge in [-0.15, -0.1) is 0 Å². The molecule has 170 valence electrons. The molecule has 2 fully saturated rings. The summed E-state index contributed by atoms with van der Waals surface area (Å²) in [4.78, 5) is 24.7. The Balaban J connectivity index is 1.39. The molecule has 6 nitrogen and oxygen atoms in total. The Bertz CT molecular complexity index is 1110. The first-order chi connectivity index (χ1) is 15.3. The van der Waals surface area contributed by atoms with E-state index in [1.165, 1.54) is 23.4 Å². The van der Waals surface area contributed by atoms with E-state index >= 15 is 0 Å².